The number of phenols is 1. The van der Waals surface area contributed by atoms with Gasteiger partial charge in [0, 0.05) is 12.1 Å². The van der Waals surface area contributed by atoms with Crippen LogP contribution in [0.5, 0.6) is 5.75 Å². The van der Waals surface area contributed by atoms with E-state index >= 15 is 0 Å². The lowest BCUT2D eigenvalue weighted by atomic mass is 10.0. The minimum absolute atomic E-state index is 0.190. The molecule has 1 unspecified atom stereocenters. The number of aromatic hydroxyl groups is 1. The number of rotatable bonds is 3. The highest BCUT2D eigenvalue weighted by atomic mass is 19.4. The summed E-state index contributed by atoms with van der Waals surface area (Å²) in [4.78, 5) is 1.46. The van der Waals surface area contributed by atoms with Gasteiger partial charge >= 0.3 is 6.18 Å². The second-order valence-corrected chi connectivity index (χ2v) is 5.28. The highest BCUT2D eigenvalue weighted by molar-refractivity contribution is 5.44. The summed E-state index contributed by atoms with van der Waals surface area (Å²) in [5, 5.41) is 9.76. The summed E-state index contributed by atoms with van der Waals surface area (Å²) < 4.78 is 38.1. The number of benzene rings is 1. The van der Waals surface area contributed by atoms with Crippen LogP contribution in [-0.4, -0.2) is 28.8 Å². The molecule has 1 aliphatic rings. The lowest BCUT2D eigenvalue weighted by molar-refractivity contribution is -0.155. The molecule has 0 radical (unpaired) electrons. The second kappa shape index (κ2) is 5.04. The van der Waals surface area contributed by atoms with Gasteiger partial charge in [-0.3, -0.25) is 4.90 Å². The molecule has 2 rings (SSSR count). The molecule has 5 heteroatoms. The van der Waals surface area contributed by atoms with Crippen molar-refractivity contribution in [3.05, 3.63) is 29.3 Å². The number of phenolic OH excluding ortho intramolecular Hbond substituents is 1. The monoisotopic (exact) mass is 273 g/mol. The number of hydrogen-bond acceptors (Lipinski definition) is 2. The molecule has 2 nitrogen and oxygen atoms in total. The molecule has 106 valence electrons. The third-order valence-electron chi connectivity index (χ3n) is 3.64. The van der Waals surface area contributed by atoms with Crippen molar-refractivity contribution in [2.24, 2.45) is 0 Å². The SMILES string of the molecule is CC(C)N(CC(F)(F)F)C1CCc2c(O)cccc21. The zero-order chi connectivity index (χ0) is 14.2. The van der Waals surface area contributed by atoms with Gasteiger partial charge < -0.3 is 5.11 Å². The van der Waals surface area contributed by atoms with E-state index in [9.17, 15) is 18.3 Å². The summed E-state index contributed by atoms with van der Waals surface area (Å²) >= 11 is 0. The van der Waals surface area contributed by atoms with Crippen LogP contribution in [0.4, 0.5) is 13.2 Å². The molecule has 0 saturated carbocycles. The van der Waals surface area contributed by atoms with Crippen molar-refractivity contribution < 1.29 is 18.3 Å². The molecule has 0 aromatic heterocycles. The van der Waals surface area contributed by atoms with Gasteiger partial charge in [0.15, 0.2) is 0 Å². The van der Waals surface area contributed by atoms with Crippen molar-refractivity contribution in [1.29, 1.82) is 0 Å². The van der Waals surface area contributed by atoms with Crippen molar-refractivity contribution in [2.45, 2.75) is 44.9 Å². The molecule has 1 aromatic carbocycles. The topological polar surface area (TPSA) is 23.5 Å². The normalized spacial score (nSPS) is 19.2. The van der Waals surface area contributed by atoms with E-state index in [0.29, 0.717) is 12.8 Å². The summed E-state index contributed by atoms with van der Waals surface area (Å²) in [7, 11) is 0. The number of halogens is 3. The molecule has 0 bridgehead atoms. The molecule has 1 N–H and O–H groups in total. The van der Waals surface area contributed by atoms with Crippen molar-refractivity contribution >= 4 is 0 Å². The van der Waals surface area contributed by atoms with Gasteiger partial charge in [0.1, 0.15) is 5.75 Å². The second-order valence-electron chi connectivity index (χ2n) is 5.28. The molecule has 0 fully saturated rings. The maximum atomic E-state index is 12.7. The van der Waals surface area contributed by atoms with Gasteiger partial charge in [-0.05, 0) is 43.9 Å². The summed E-state index contributed by atoms with van der Waals surface area (Å²) in [6.45, 7) is 2.63. The number of alkyl halides is 3. The Morgan fingerprint density at radius 1 is 1.37 bits per heavy atom. The summed E-state index contributed by atoms with van der Waals surface area (Å²) in [5.41, 5.74) is 1.62. The van der Waals surface area contributed by atoms with E-state index in [-0.39, 0.29) is 17.8 Å². The molecule has 0 amide bonds. The zero-order valence-corrected chi connectivity index (χ0v) is 11.0. The Hall–Kier alpha value is -1.23. The maximum Gasteiger partial charge on any atom is 0.401 e. The summed E-state index contributed by atoms with van der Waals surface area (Å²) in [5.74, 6) is 0.190. The van der Waals surface area contributed by atoms with E-state index in [1.807, 2.05) is 6.07 Å². The van der Waals surface area contributed by atoms with Crippen LogP contribution in [0, 0.1) is 0 Å². The van der Waals surface area contributed by atoms with Crippen LogP contribution in [0.15, 0.2) is 18.2 Å². The summed E-state index contributed by atoms with van der Waals surface area (Å²) in [6.07, 6.45) is -2.95. The molecule has 19 heavy (non-hydrogen) atoms. The van der Waals surface area contributed by atoms with Crippen LogP contribution < -0.4 is 0 Å². The lowest BCUT2D eigenvalue weighted by Crippen LogP contribution is -2.41. The van der Waals surface area contributed by atoms with Crippen LogP contribution in [0.25, 0.3) is 0 Å². The quantitative estimate of drug-likeness (QED) is 0.908. The maximum absolute atomic E-state index is 12.7. The first kappa shape index (κ1) is 14.2. The van der Waals surface area contributed by atoms with E-state index in [2.05, 4.69) is 0 Å². The number of hydrogen-bond donors (Lipinski definition) is 1. The van der Waals surface area contributed by atoms with E-state index in [0.717, 1.165) is 11.1 Å². The van der Waals surface area contributed by atoms with E-state index < -0.39 is 12.7 Å². The van der Waals surface area contributed by atoms with E-state index in [4.69, 9.17) is 0 Å². The molecule has 0 saturated heterocycles. The molecular weight excluding hydrogens is 255 g/mol. The predicted molar refractivity (Wildman–Crippen MR) is 67.1 cm³/mol. The largest absolute Gasteiger partial charge is 0.508 e. The third kappa shape index (κ3) is 3.03. The molecule has 0 spiro atoms. The van der Waals surface area contributed by atoms with Gasteiger partial charge in [-0.1, -0.05) is 12.1 Å². The van der Waals surface area contributed by atoms with Gasteiger partial charge in [-0.2, -0.15) is 13.2 Å². The molecule has 0 heterocycles. The Morgan fingerprint density at radius 3 is 2.63 bits per heavy atom. The Morgan fingerprint density at radius 2 is 2.05 bits per heavy atom. The Bertz CT molecular complexity index is 456. The minimum atomic E-state index is -4.20. The fourth-order valence-corrected chi connectivity index (χ4v) is 2.82. The van der Waals surface area contributed by atoms with E-state index in [1.54, 1.807) is 26.0 Å². The minimum Gasteiger partial charge on any atom is -0.508 e. The van der Waals surface area contributed by atoms with Gasteiger partial charge in [0.25, 0.3) is 0 Å². The standard InChI is InChI=1S/C14H18F3NO/c1-9(2)18(8-14(15,16)17)12-7-6-11-10(12)4-3-5-13(11)19/h3-5,9,12,19H,6-8H2,1-2H3. The number of nitrogens with zero attached hydrogens (tertiary/aromatic N) is 1. The Kier molecular flexibility index (Phi) is 3.76. The fraction of sp³-hybridized carbons (Fsp3) is 0.571. The van der Waals surface area contributed by atoms with Crippen LogP contribution in [0.1, 0.15) is 37.4 Å². The average Bonchev–Trinajstić information content (AvgIpc) is 2.69. The molecule has 0 aliphatic heterocycles. The number of fused-ring (bicyclic) bond motifs is 1. The van der Waals surface area contributed by atoms with Gasteiger partial charge in [0.05, 0.1) is 6.54 Å². The highest BCUT2D eigenvalue weighted by Gasteiger charge is 2.38. The Labute approximate surface area is 110 Å². The summed E-state index contributed by atoms with van der Waals surface area (Å²) in [6, 6.07) is 4.64. The zero-order valence-electron chi connectivity index (χ0n) is 11.0. The molecule has 1 aliphatic carbocycles. The van der Waals surface area contributed by atoms with Gasteiger partial charge in [0.2, 0.25) is 0 Å². The van der Waals surface area contributed by atoms with Crippen molar-refractivity contribution in [3.63, 3.8) is 0 Å². The smallest absolute Gasteiger partial charge is 0.401 e. The first-order chi connectivity index (χ1) is 8.79. The van der Waals surface area contributed by atoms with E-state index in [1.165, 1.54) is 4.90 Å². The van der Waals surface area contributed by atoms with Crippen molar-refractivity contribution in [2.75, 3.05) is 6.54 Å². The molecular formula is C14H18F3NO. The molecule has 1 atom stereocenters. The highest BCUT2D eigenvalue weighted by Crippen LogP contribution is 2.41. The van der Waals surface area contributed by atoms with Gasteiger partial charge in [-0.25, -0.2) is 0 Å². The Balaban J connectivity index is 2.29. The van der Waals surface area contributed by atoms with Crippen molar-refractivity contribution in [3.8, 4) is 5.75 Å². The third-order valence-corrected chi connectivity index (χ3v) is 3.64. The molecule has 1 aromatic rings. The predicted octanol–water partition coefficient (Wildman–Crippen LogP) is 3.65. The van der Waals surface area contributed by atoms with Crippen LogP contribution in [-0.2, 0) is 6.42 Å². The fourth-order valence-electron chi connectivity index (χ4n) is 2.82. The average molecular weight is 273 g/mol. The van der Waals surface area contributed by atoms with Crippen molar-refractivity contribution in [1.82, 2.24) is 4.90 Å². The first-order valence-electron chi connectivity index (χ1n) is 6.43. The van der Waals surface area contributed by atoms with Crippen LogP contribution in [0.2, 0.25) is 0 Å². The van der Waals surface area contributed by atoms with Crippen LogP contribution >= 0.6 is 0 Å². The first-order valence-corrected chi connectivity index (χ1v) is 6.43. The van der Waals surface area contributed by atoms with Gasteiger partial charge in [-0.15, -0.1) is 0 Å². The lowest BCUT2D eigenvalue weighted by Gasteiger charge is -2.33. The van der Waals surface area contributed by atoms with Crippen LogP contribution in [0.3, 0.4) is 0 Å².